The van der Waals surface area contributed by atoms with Gasteiger partial charge in [-0.1, -0.05) is 32.9 Å². The van der Waals surface area contributed by atoms with Gasteiger partial charge in [0.25, 0.3) is 0 Å². The fraction of sp³-hybridized carbons (Fsp3) is 0.435. The summed E-state index contributed by atoms with van der Waals surface area (Å²) in [6.07, 6.45) is 1.11. The third-order valence-corrected chi connectivity index (χ3v) is 6.38. The number of ether oxygens (including phenoxy) is 1. The van der Waals surface area contributed by atoms with Gasteiger partial charge in [-0.05, 0) is 47.4 Å². The van der Waals surface area contributed by atoms with Crippen LogP contribution in [0.15, 0.2) is 48.5 Å². The van der Waals surface area contributed by atoms with Gasteiger partial charge in [-0.2, -0.15) is 0 Å². The highest BCUT2D eigenvalue weighted by atomic mass is 32.2. The second-order valence-electron chi connectivity index (χ2n) is 8.76. The molecule has 0 unspecified atom stereocenters. The van der Waals surface area contributed by atoms with E-state index in [2.05, 4.69) is 31.0 Å². The first-order valence-electron chi connectivity index (χ1n) is 10.3. The molecule has 2 aromatic carbocycles. The average molecular weight is 446 g/mol. The van der Waals surface area contributed by atoms with E-state index in [0.717, 1.165) is 34.9 Å². The predicted molar refractivity (Wildman–Crippen MR) is 125 cm³/mol. The first kappa shape index (κ1) is 23.1. The van der Waals surface area contributed by atoms with Crippen LogP contribution in [0.25, 0.3) is 0 Å². The molecule has 0 radical (unpaired) electrons. The molecule has 7 nitrogen and oxygen atoms in total. The molecule has 0 aliphatic carbocycles. The van der Waals surface area contributed by atoms with Gasteiger partial charge in [0, 0.05) is 24.5 Å². The van der Waals surface area contributed by atoms with E-state index in [0.29, 0.717) is 24.6 Å². The maximum Gasteiger partial charge on any atom is 0.245 e. The van der Waals surface area contributed by atoms with Crippen LogP contribution in [0.4, 0.5) is 17.1 Å². The lowest BCUT2D eigenvalue weighted by atomic mass is 9.87. The highest BCUT2D eigenvalue weighted by Crippen LogP contribution is 2.26. The van der Waals surface area contributed by atoms with Crippen molar-refractivity contribution in [2.45, 2.75) is 26.2 Å². The first-order chi connectivity index (χ1) is 14.5. The molecule has 31 heavy (non-hydrogen) atoms. The maximum absolute atomic E-state index is 12.6. The van der Waals surface area contributed by atoms with Crippen molar-refractivity contribution in [2.75, 3.05) is 53.6 Å². The monoisotopic (exact) mass is 445 g/mol. The Hall–Kier alpha value is -2.58. The molecule has 1 aliphatic rings. The molecular weight excluding hydrogens is 414 g/mol. The number of hydrogen-bond acceptors (Lipinski definition) is 5. The molecule has 3 rings (SSSR count). The summed E-state index contributed by atoms with van der Waals surface area (Å²) >= 11 is 0. The Bertz CT molecular complexity index is 991. The molecule has 0 atom stereocenters. The van der Waals surface area contributed by atoms with Crippen LogP contribution in [-0.4, -0.2) is 53.4 Å². The van der Waals surface area contributed by atoms with Gasteiger partial charge in [-0.3, -0.25) is 9.10 Å². The number of morpholine rings is 1. The van der Waals surface area contributed by atoms with Crippen molar-refractivity contribution in [3.63, 3.8) is 0 Å². The van der Waals surface area contributed by atoms with Gasteiger partial charge >= 0.3 is 0 Å². The van der Waals surface area contributed by atoms with Crippen LogP contribution in [0.5, 0.6) is 0 Å². The topological polar surface area (TPSA) is 79.0 Å². The molecule has 0 aromatic heterocycles. The quantitative estimate of drug-likeness (QED) is 0.739. The summed E-state index contributed by atoms with van der Waals surface area (Å²) < 4.78 is 31.2. The van der Waals surface area contributed by atoms with Gasteiger partial charge in [0.15, 0.2) is 0 Å². The van der Waals surface area contributed by atoms with Crippen LogP contribution in [0, 0.1) is 0 Å². The van der Waals surface area contributed by atoms with E-state index in [1.807, 2.05) is 36.4 Å². The summed E-state index contributed by atoms with van der Waals surface area (Å²) in [5.74, 6) is -0.399. The summed E-state index contributed by atoms with van der Waals surface area (Å²) in [7, 11) is -3.62. The fourth-order valence-electron chi connectivity index (χ4n) is 3.44. The Kier molecular flexibility index (Phi) is 6.91. The molecule has 8 heteroatoms. The summed E-state index contributed by atoms with van der Waals surface area (Å²) in [5.41, 5.74) is 3.21. The van der Waals surface area contributed by atoms with Gasteiger partial charge in [-0.15, -0.1) is 0 Å². The summed E-state index contributed by atoms with van der Waals surface area (Å²) in [5, 5.41) is 2.79. The lowest BCUT2D eigenvalue weighted by molar-refractivity contribution is -0.114. The van der Waals surface area contributed by atoms with E-state index in [1.165, 1.54) is 0 Å². The van der Waals surface area contributed by atoms with E-state index in [-0.39, 0.29) is 12.0 Å². The van der Waals surface area contributed by atoms with E-state index < -0.39 is 15.9 Å². The van der Waals surface area contributed by atoms with E-state index in [4.69, 9.17) is 4.74 Å². The van der Waals surface area contributed by atoms with Crippen molar-refractivity contribution >= 4 is 33.0 Å². The molecule has 1 saturated heterocycles. The van der Waals surface area contributed by atoms with Gasteiger partial charge in [0.1, 0.15) is 6.54 Å². The number of carbonyl (C=O) groups is 1. The molecule has 0 saturated carbocycles. The molecule has 2 aromatic rings. The average Bonchev–Trinajstić information content (AvgIpc) is 2.72. The zero-order chi connectivity index (χ0) is 22.6. The number of nitrogens with one attached hydrogen (secondary N) is 1. The van der Waals surface area contributed by atoms with Crippen molar-refractivity contribution in [1.82, 2.24) is 0 Å². The number of anilines is 3. The van der Waals surface area contributed by atoms with Crippen molar-refractivity contribution < 1.29 is 17.9 Å². The van der Waals surface area contributed by atoms with E-state index in [1.54, 1.807) is 12.1 Å². The van der Waals surface area contributed by atoms with Crippen molar-refractivity contribution in [3.8, 4) is 0 Å². The molecule has 168 valence electrons. The molecule has 0 bridgehead atoms. The minimum absolute atomic E-state index is 0.0425. The summed E-state index contributed by atoms with van der Waals surface area (Å²) in [4.78, 5) is 14.8. The van der Waals surface area contributed by atoms with Crippen LogP contribution in [0.3, 0.4) is 0 Å². The van der Waals surface area contributed by atoms with E-state index >= 15 is 0 Å². The van der Waals surface area contributed by atoms with Crippen LogP contribution in [-0.2, 0) is 25.0 Å². The zero-order valence-electron chi connectivity index (χ0n) is 18.6. The van der Waals surface area contributed by atoms with Gasteiger partial charge < -0.3 is 15.0 Å². The molecule has 1 aliphatic heterocycles. The van der Waals surface area contributed by atoms with Crippen molar-refractivity contribution in [1.29, 1.82) is 0 Å². The standard InChI is InChI=1S/C23H31N3O4S/c1-23(2,3)18-5-9-21(10-6-18)26(31(4,28)29)17-22(27)24-19-7-11-20(12-8-19)25-13-15-30-16-14-25/h5-12H,13-17H2,1-4H3,(H,24,27). The second-order valence-corrected chi connectivity index (χ2v) is 10.7. The molecule has 1 amide bonds. The van der Waals surface area contributed by atoms with Crippen molar-refractivity contribution in [3.05, 3.63) is 54.1 Å². The maximum atomic E-state index is 12.6. The number of nitrogens with zero attached hydrogens (tertiary/aromatic N) is 2. The Morgan fingerprint density at radius 2 is 1.61 bits per heavy atom. The number of amides is 1. The lowest BCUT2D eigenvalue weighted by Gasteiger charge is -2.29. The minimum Gasteiger partial charge on any atom is -0.378 e. The number of carbonyl (C=O) groups excluding carboxylic acids is 1. The Labute approximate surface area is 185 Å². The fourth-order valence-corrected chi connectivity index (χ4v) is 4.29. The number of hydrogen-bond donors (Lipinski definition) is 1. The number of benzene rings is 2. The molecular formula is C23H31N3O4S. The van der Waals surface area contributed by atoms with E-state index in [9.17, 15) is 13.2 Å². The van der Waals surface area contributed by atoms with Crippen LogP contribution in [0.2, 0.25) is 0 Å². The van der Waals surface area contributed by atoms with Crippen LogP contribution in [0.1, 0.15) is 26.3 Å². The van der Waals surface area contributed by atoms with Crippen LogP contribution < -0.4 is 14.5 Å². The van der Waals surface area contributed by atoms with Crippen LogP contribution >= 0.6 is 0 Å². The second kappa shape index (κ2) is 9.28. The molecule has 1 N–H and O–H groups in total. The summed E-state index contributed by atoms with van der Waals surface area (Å²) in [6, 6.07) is 14.8. The molecule has 1 heterocycles. The number of sulfonamides is 1. The van der Waals surface area contributed by atoms with Gasteiger partial charge in [-0.25, -0.2) is 8.42 Å². The Morgan fingerprint density at radius 3 is 2.13 bits per heavy atom. The Morgan fingerprint density at radius 1 is 1.03 bits per heavy atom. The number of rotatable bonds is 6. The zero-order valence-corrected chi connectivity index (χ0v) is 19.4. The Balaban J connectivity index is 1.68. The highest BCUT2D eigenvalue weighted by molar-refractivity contribution is 7.92. The van der Waals surface area contributed by atoms with Gasteiger partial charge in [0.2, 0.25) is 15.9 Å². The first-order valence-corrected chi connectivity index (χ1v) is 12.2. The minimum atomic E-state index is -3.62. The van der Waals surface area contributed by atoms with Gasteiger partial charge in [0.05, 0.1) is 25.2 Å². The third kappa shape index (κ3) is 6.21. The SMILES string of the molecule is CC(C)(C)c1ccc(N(CC(=O)Nc2ccc(N3CCOCC3)cc2)S(C)(=O)=O)cc1. The van der Waals surface area contributed by atoms with Crippen molar-refractivity contribution in [2.24, 2.45) is 0 Å². The normalized spacial score (nSPS) is 14.9. The molecule has 0 spiro atoms. The molecule has 1 fully saturated rings. The lowest BCUT2D eigenvalue weighted by Crippen LogP contribution is -2.37. The smallest absolute Gasteiger partial charge is 0.245 e. The largest absolute Gasteiger partial charge is 0.378 e. The predicted octanol–water partition coefficient (Wildman–Crippen LogP) is 3.23. The summed E-state index contributed by atoms with van der Waals surface area (Å²) in [6.45, 7) is 9.06. The highest BCUT2D eigenvalue weighted by Gasteiger charge is 2.22. The third-order valence-electron chi connectivity index (χ3n) is 5.24.